The molecule has 7 nitrogen and oxygen atoms in total. The number of aliphatic hydroxyl groups is 1. The van der Waals surface area contributed by atoms with Gasteiger partial charge < -0.3 is 14.7 Å². The van der Waals surface area contributed by atoms with E-state index < -0.39 is 11.7 Å². The van der Waals surface area contributed by atoms with Crippen LogP contribution >= 0.6 is 0 Å². The molecule has 0 aliphatic carbocycles. The number of fused-ring (bicyclic) bond motifs is 1. The number of halogens is 1. The molecule has 178 valence electrons. The van der Waals surface area contributed by atoms with E-state index in [4.69, 9.17) is 4.74 Å². The lowest BCUT2D eigenvalue weighted by molar-refractivity contribution is -0.120. The van der Waals surface area contributed by atoms with Gasteiger partial charge in [-0.2, -0.15) is 0 Å². The first-order chi connectivity index (χ1) is 16.2. The summed E-state index contributed by atoms with van der Waals surface area (Å²) in [6.07, 6.45) is 3.60. The monoisotopic (exact) mass is 465 g/mol. The van der Waals surface area contributed by atoms with Crippen LogP contribution in [0.2, 0.25) is 0 Å². The van der Waals surface area contributed by atoms with Gasteiger partial charge in [0.2, 0.25) is 11.8 Å². The van der Waals surface area contributed by atoms with Crippen molar-refractivity contribution >= 4 is 23.2 Å². The van der Waals surface area contributed by atoms with E-state index in [1.165, 1.54) is 24.3 Å². The van der Waals surface area contributed by atoms with E-state index in [9.17, 15) is 14.7 Å². The maximum absolute atomic E-state index is 15.4. The molecule has 1 unspecified atom stereocenters. The predicted octanol–water partition coefficient (Wildman–Crippen LogP) is 4.11. The van der Waals surface area contributed by atoms with Crippen molar-refractivity contribution in [3.05, 3.63) is 70.8 Å². The standard InChI is InChI=1S/C26H28FN3O4/c1-6-17-16(13-31)11-29(25(17)32)22-10-18-19(9-21(22)27)26(33)30(12-20(18)14(2)3)23-15(4)7-8-28-24(23)34-5/h7-11,17,20,31H,2,6,12-13H2,1,3-5H3/t17?,20-/m1/s1. The van der Waals surface area contributed by atoms with Crippen molar-refractivity contribution in [3.63, 3.8) is 0 Å². The number of nitrogens with zero attached hydrogens (tertiary/aromatic N) is 3. The molecule has 2 amide bonds. The molecule has 0 bridgehead atoms. The number of aromatic nitrogens is 1. The van der Waals surface area contributed by atoms with Gasteiger partial charge in [-0.3, -0.25) is 14.5 Å². The van der Waals surface area contributed by atoms with Crippen molar-refractivity contribution in [3.8, 4) is 5.88 Å². The van der Waals surface area contributed by atoms with Gasteiger partial charge >= 0.3 is 0 Å². The normalized spacial score (nSPS) is 19.9. The lowest BCUT2D eigenvalue weighted by Crippen LogP contribution is -2.41. The van der Waals surface area contributed by atoms with Crippen LogP contribution < -0.4 is 14.5 Å². The number of carbonyl (C=O) groups excluding carboxylic acids is 2. The van der Waals surface area contributed by atoms with Gasteiger partial charge in [0, 0.05) is 30.4 Å². The lowest BCUT2D eigenvalue weighted by atomic mass is 9.84. The van der Waals surface area contributed by atoms with Crippen molar-refractivity contribution in [1.82, 2.24) is 4.98 Å². The van der Waals surface area contributed by atoms with Gasteiger partial charge in [0.25, 0.3) is 5.91 Å². The minimum atomic E-state index is -0.692. The Morgan fingerprint density at radius 3 is 2.68 bits per heavy atom. The molecular weight excluding hydrogens is 437 g/mol. The molecule has 2 aliphatic rings. The summed E-state index contributed by atoms with van der Waals surface area (Å²) in [4.78, 5) is 33.5. The lowest BCUT2D eigenvalue weighted by Gasteiger charge is -2.36. The molecule has 0 saturated carbocycles. The molecule has 1 aromatic heterocycles. The quantitative estimate of drug-likeness (QED) is 0.650. The number of hydrogen-bond acceptors (Lipinski definition) is 5. The minimum Gasteiger partial charge on any atom is -0.480 e. The number of benzene rings is 1. The summed E-state index contributed by atoms with van der Waals surface area (Å²) >= 11 is 0. The van der Waals surface area contributed by atoms with Crippen LogP contribution in [0, 0.1) is 18.7 Å². The van der Waals surface area contributed by atoms with Crippen molar-refractivity contribution in [2.24, 2.45) is 5.92 Å². The van der Waals surface area contributed by atoms with E-state index in [0.717, 1.165) is 11.1 Å². The highest BCUT2D eigenvalue weighted by Gasteiger charge is 2.39. The number of ether oxygens (including phenoxy) is 1. The summed E-state index contributed by atoms with van der Waals surface area (Å²) in [6.45, 7) is 9.67. The predicted molar refractivity (Wildman–Crippen MR) is 128 cm³/mol. The van der Waals surface area contributed by atoms with E-state index in [1.54, 1.807) is 23.2 Å². The van der Waals surface area contributed by atoms with Crippen LogP contribution in [0.4, 0.5) is 15.8 Å². The van der Waals surface area contributed by atoms with Crippen molar-refractivity contribution < 1.29 is 23.8 Å². The zero-order valence-electron chi connectivity index (χ0n) is 19.8. The molecule has 0 fully saturated rings. The molecule has 2 aromatic rings. The maximum atomic E-state index is 15.4. The van der Waals surface area contributed by atoms with Crippen molar-refractivity contribution in [2.45, 2.75) is 33.1 Å². The first-order valence-corrected chi connectivity index (χ1v) is 11.2. The van der Waals surface area contributed by atoms with Gasteiger partial charge in [-0.15, -0.1) is 0 Å². The van der Waals surface area contributed by atoms with Gasteiger partial charge in [0.05, 0.1) is 25.3 Å². The Hall–Kier alpha value is -3.52. The third-order valence-electron chi connectivity index (χ3n) is 6.61. The van der Waals surface area contributed by atoms with Crippen LogP contribution in [-0.4, -0.2) is 42.2 Å². The highest BCUT2D eigenvalue weighted by Crippen LogP contribution is 2.42. The van der Waals surface area contributed by atoms with E-state index >= 15 is 4.39 Å². The van der Waals surface area contributed by atoms with E-state index in [-0.39, 0.29) is 42.1 Å². The molecule has 2 atom stereocenters. The Labute approximate surface area is 198 Å². The summed E-state index contributed by atoms with van der Waals surface area (Å²) in [7, 11) is 1.49. The number of pyridine rings is 1. The van der Waals surface area contributed by atoms with Crippen LogP contribution in [0.3, 0.4) is 0 Å². The molecule has 1 aromatic carbocycles. The SMILES string of the molecule is C=C(C)[C@H]1CN(c2c(C)ccnc2OC)C(=O)c2cc(F)c(N3C=C(CO)C(CC)C3=O)cc21. The van der Waals surface area contributed by atoms with Crippen molar-refractivity contribution in [1.29, 1.82) is 0 Å². The number of hydrogen-bond donors (Lipinski definition) is 1. The molecule has 34 heavy (non-hydrogen) atoms. The molecule has 2 aliphatic heterocycles. The number of methoxy groups -OCH3 is 1. The van der Waals surface area contributed by atoms with Crippen LogP contribution in [0.5, 0.6) is 5.88 Å². The maximum Gasteiger partial charge on any atom is 0.258 e. The molecule has 4 rings (SSSR count). The summed E-state index contributed by atoms with van der Waals surface area (Å²) in [5.74, 6) is -1.84. The highest BCUT2D eigenvalue weighted by atomic mass is 19.1. The number of rotatable bonds is 6. The molecule has 8 heteroatoms. The Morgan fingerprint density at radius 2 is 2.09 bits per heavy atom. The average molecular weight is 466 g/mol. The second-order valence-corrected chi connectivity index (χ2v) is 8.72. The molecule has 3 heterocycles. The van der Waals surface area contributed by atoms with Crippen molar-refractivity contribution in [2.75, 3.05) is 30.1 Å². The fraction of sp³-hybridized carbons (Fsp3) is 0.346. The Bertz CT molecular complexity index is 1220. The summed E-state index contributed by atoms with van der Waals surface area (Å²) in [6, 6.07) is 4.54. The van der Waals surface area contributed by atoms with Crippen LogP contribution in [0.15, 0.2) is 48.3 Å². The number of aliphatic hydroxyl groups excluding tert-OH is 1. The Balaban J connectivity index is 1.84. The summed E-state index contributed by atoms with van der Waals surface area (Å²) < 4.78 is 20.8. The summed E-state index contributed by atoms with van der Waals surface area (Å²) in [5.41, 5.74) is 3.55. The Morgan fingerprint density at radius 1 is 1.35 bits per heavy atom. The zero-order valence-corrected chi connectivity index (χ0v) is 19.8. The topological polar surface area (TPSA) is 83.0 Å². The minimum absolute atomic E-state index is 0.0632. The fourth-order valence-electron chi connectivity index (χ4n) is 4.78. The third-order valence-corrected chi connectivity index (χ3v) is 6.61. The van der Waals surface area contributed by atoms with Gasteiger partial charge in [-0.05, 0) is 55.2 Å². The van der Waals surface area contributed by atoms with E-state index in [1.807, 2.05) is 20.8 Å². The van der Waals surface area contributed by atoms with Crippen LogP contribution in [-0.2, 0) is 4.79 Å². The average Bonchev–Trinajstić information content (AvgIpc) is 3.14. The number of amides is 2. The number of aryl methyl sites for hydroxylation is 1. The molecule has 0 saturated heterocycles. The third kappa shape index (κ3) is 3.68. The first-order valence-electron chi connectivity index (χ1n) is 11.2. The van der Waals surface area contributed by atoms with E-state index in [2.05, 4.69) is 11.6 Å². The van der Waals surface area contributed by atoms with Gasteiger partial charge in [-0.25, -0.2) is 9.37 Å². The Kier molecular flexibility index (Phi) is 6.27. The van der Waals surface area contributed by atoms with Crippen LogP contribution in [0.25, 0.3) is 0 Å². The molecular formula is C26H28FN3O4. The van der Waals surface area contributed by atoms with Gasteiger partial charge in [0.1, 0.15) is 11.5 Å². The second-order valence-electron chi connectivity index (χ2n) is 8.72. The van der Waals surface area contributed by atoms with Crippen LogP contribution in [0.1, 0.15) is 47.7 Å². The summed E-state index contributed by atoms with van der Waals surface area (Å²) in [5, 5.41) is 9.65. The zero-order chi connectivity index (χ0) is 24.7. The largest absolute Gasteiger partial charge is 0.480 e. The first kappa shape index (κ1) is 23.6. The molecule has 0 radical (unpaired) electrons. The fourth-order valence-corrected chi connectivity index (χ4v) is 4.78. The number of carbonyl (C=O) groups is 2. The highest BCUT2D eigenvalue weighted by molar-refractivity contribution is 6.10. The van der Waals surface area contributed by atoms with E-state index in [0.29, 0.717) is 29.1 Å². The molecule has 1 N–H and O–H groups in total. The van der Waals surface area contributed by atoms with Gasteiger partial charge in [-0.1, -0.05) is 19.1 Å². The smallest absolute Gasteiger partial charge is 0.258 e. The molecule has 0 spiro atoms. The second kappa shape index (κ2) is 9.02. The number of anilines is 2. The van der Waals surface area contributed by atoms with Gasteiger partial charge in [0.15, 0.2) is 0 Å².